The van der Waals surface area contributed by atoms with Crippen LogP contribution in [0.5, 0.6) is 0 Å². The average molecular weight is 407 g/mol. The number of likely N-dealkylation sites (tertiary alicyclic amines) is 1. The summed E-state index contributed by atoms with van der Waals surface area (Å²) in [5.41, 5.74) is 4.76. The molecule has 4 heteroatoms. The van der Waals surface area contributed by atoms with Crippen LogP contribution in [0.25, 0.3) is 0 Å². The van der Waals surface area contributed by atoms with E-state index in [0.29, 0.717) is 6.54 Å². The Morgan fingerprint density at radius 3 is 2.30 bits per heavy atom. The highest BCUT2D eigenvalue weighted by Crippen LogP contribution is 2.29. The molecule has 4 nitrogen and oxygen atoms in total. The van der Waals surface area contributed by atoms with Crippen molar-refractivity contribution in [2.24, 2.45) is 5.92 Å². The van der Waals surface area contributed by atoms with Gasteiger partial charge in [-0.05, 0) is 67.9 Å². The summed E-state index contributed by atoms with van der Waals surface area (Å²) in [5.74, 6) is -0.191. The summed E-state index contributed by atoms with van der Waals surface area (Å²) in [5, 5.41) is 3.10. The van der Waals surface area contributed by atoms with Crippen molar-refractivity contribution in [2.75, 3.05) is 11.9 Å². The van der Waals surface area contributed by atoms with E-state index in [2.05, 4.69) is 32.2 Å². The number of carbonyl (C=O) groups excluding carboxylic acids is 2. The third kappa shape index (κ3) is 4.58. The Kier molecular flexibility index (Phi) is 6.35. The number of nitrogens with zero attached hydrogens (tertiary/aromatic N) is 1. The van der Waals surface area contributed by atoms with Crippen molar-refractivity contribution >= 4 is 17.5 Å². The predicted octanol–water partition coefficient (Wildman–Crippen LogP) is 5.48. The van der Waals surface area contributed by atoms with Gasteiger partial charge < -0.3 is 10.2 Å². The number of nitrogens with one attached hydrogen (secondary N) is 1. The van der Waals surface area contributed by atoms with Gasteiger partial charge in [0.15, 0.2) is 0 Å². The second kappa shape index (κ2) is 8.63. The van der Waals surface area contributed by atoms with E-state index in [9.17, 15) is 9.59 Å². The molecule has 1 fully saturated rings. The zero-order valence-corrected chi connectivity index (χ0v) is 19.1. The number of benzene rings is 2. The molecule has 160 valence electrons. The molecule has 0 radical (unpaired) electrons. The lowest BCUT2D eigenvalue weighted by Crippen LogP contribution is -2.50. The molecule has 2 atom stereocenters. The number of hydrogen-bond acceptors (Lipinski definition) is 2. The smallest absolute Gasteiger partial charge is 0.254 e. The summed E-state index contributed by atoms with van der Waals surface area (Å²) in [7, 11) is 0. The maximum atomic E-state index is 13.3. The van der Waals surface area contributed by atoms with E-state index < -0.39 is 0 Å². The van der Waals surface area contributed by atoms with E-state index >= 15 is 0 Å². The Labute approximate surface area is 180 Å². The quantitative estimate of drug-likeness (QED) is 0.734. The van der Waals surface area contributed by atoms with Gasteiger partial charge in [0.1, 0.15) is 0 Å². The summed E-state index contributed by atoms with van der Waals surface area (Å²) in [4.78, 5) is 28.3. The molecule has 2 aromatic carbocycles. The molecule has 3 rings (SSSR count). The second-order valence-corrected chi connectivity index (χ2v) is 9.57. The van der Waals surface area contributed by atoms with Crippen molar-refractivity contribution in [3.8, 4) is 0 Å². The van der Waals surface area contributed by atoms with Gasteiger partial charge in [0.25, 0.3) is 5.91 Å². The third-order valence-corrected chi connectivity index (χ3v) is 6.28. The van der Waals surface area contributed by atoms with Crippen molar-refractivity contribution in [3.05, 3.63) is 64.7 Å². The molecule has 2 aromatic rings. The molecule has 0 aliphatic carbocycles. The van der Waals surface area contributed by atoms with Crippen LogP contribution in [0.15, 0.2) is 42.5 Å². The SMILES string of the molecule is Cc1cccc(C)c1C(=O)N1CCC[C@H](C(=O)Nc2cccc(C(C)(C)C)c2)[C@@H]1C. The molecule has 1 N–H and O–H groups in total. The summed E-state index contributed by atoms with van der Waals surface area (Å²) < 4.78 is 0. The van der Waals surface area contributed by atoms with Gasteiger partial charge in [0, 0.05) is 23.8 Å². The van der Waals surface area contributed by atoms with Crippen molar-refractivity contribution < 1.29 is 9.59 Å². The number of rotatable bonds is 3. The van der Waals surface area contributed by atoms with Crippen molar-refractivity contribution in [1.82, 2.24) is 4.90 Å². The lowest BCUT2D eigenvalue weighted by molar-refractivity contribution is -0.122. The fraction of sp³-hybridized carbons (Fsp3) is 0.462. The van der Waals surface area contributed by atoms with Gasteiger partial charge in [-0.15, -0.1) is 0 Å². The first kappa shape index (κ1) is 22.1. The average Bonchev–Trinajstić information content (AvgIpc) is 2.67. The van der Waals surface area contributed by atoms with Gasteiger partial charge in [-0.2, -0.15) is 0 Å². The minimum Gasteiger partial charge on any atom is -0.335 e. The van der Waals surface area contributed by atoms with Gasteiger partial charge in [-0.1, -0.05) is 51.1 Å². The molecular formula is C26H34N2O2. The summed E-state index contributed by atoms with van der Waals surface area (Å²) in [6.07, 6.45) is 1.63. The van der Waals surface area contributed by atoms with Gasteiger partial charge in [-0.3, -0.25) is 9.59 Å². The standard InChI is InChI=1S/C26H34N2O2/c1-17-10-7-11-18(2)23(17)25(30)28-15-9-14-22(19(28)3)24(29)27-21-13-8-12-20(16-21)26(4,5)6/h7-8,10-13,16,19,22H,9,14-15H2,1-6H3,(H,27,29)/t19-,22-/m0/s1. The Bertz CT molecular complexity index is 922. The maximum absolute atomic E-state index is 13.3. The lowest BCUT2D eigenvalue weighted by Gasteiger charge is -2.39. The van der Waals surface area contributed by atoms with E-state index in [1.807, 2.05) is 62.1 Å². The van der Waals surface area contributed by atoms with Gasteiger partial charge in [0.2, 0.25) is 5.91 Å². The highest BCUT2D eigenvalue weighted by Gasteiger charge is 2.36. The molecule has 1 aliphatic heterocycles. The number of amides is 2. The van der Waals surface area contributed by atoms with Crippen LogP contribution in [0, 0.1) is 19.8 Å². The Balaban J connectivity index is 1.77. The Hall–Kier alpha value is -2.62. The van der Waals surface area contributed by atoms with E-state index in [1.165, 1.54) is 5.56 Å². The fourth-order valence-electron chi connectivity index (χ4n) is 4.37. The van der Waals surface area contributed by atoms with Gasteiger partial charge >= 0.3 is 0 Å². The van der Waals surface area contributed by atoms with Crippen molar-refractivity contribution in [2.45, 2.75) is 65.8 Å². The summed E-state index contributed by atoms with van der Waals surface area (Å²) >= 11 is 0. The van der Waals surface area contributed by atoms with Crippen molar-refractivity contribution in [3.63, 3.8) is 0 Å². The highest BCUT2D eigenvalue weighted by molar-refractivity contribution is 5.98. The first-order chi connectivity index (χ1) is 14.1. The Morgan fingerprint density at radius 2 is 1.67 bits per heavy atom. The van der Waals surface area contributed by atoms with E-state index in [4.69, 9.17) is 0 Å². The monoisotopic (exact) mass is 406 g/mol. The van der Waals surface area contributed by atoms with Crippen LogP contribution in [0.2, 0.25) is 0 Å². The van der Waals surface area contributed by atoms with Crippen LogP contribution in [0.4, 0.5) is 5.69 Å². The minimum atomic E-state index is -0.217. The van der Waals surface area contributed by atoms with E-state index in [0.717, 1.165) is 35.2 Å². The second-order valence-electron chi connectivity index (χ2n) is 9.57. The first-order valence-corrected chi connectivity index (χ1v) is 10.9. The molecule has 0 spiro atoms. The van der Waals surface area contributed by atoms with Crippen LogP contribution in [0.1, 0.15) is 67.6 Å². The largest absolute Gasteiger partial charge is 0.335 e. The lowest BCUT2D eigenvalue weighted by atomic mass is 9.86. The van der Waals surface area contributed by atoms with Crippen LogP contribution in [-0.2, 0) is 10.2 Å². The molecule has 0 bridgehead atoms. The number of hydrogen-bond donors (Lipinski definition) is 1. The highest BCUT2D eigenvalue weighted by atomic mass is 16.2. The fourth-order valence-corrected chi connectivity index (χ4v) is 4.37. The van der Waals surface area contributed by atoms with E-state index in [1.54, 1.807) is 0 Å². The zero-order chi connectivity index (χ0) is 22.1. The molecule has 1 aliphatic rings. The molecule has 1 heterocycles. The number of carbonyl (C=O) groups is 2. The number of aryl methyl sites for hydroxylation is 2. The molecule has 0 unspecified atom stereocenters. The number of piperidine rings is 1. The molecule has 2 amide bonds. The molecule has 0 aromatic heterocycles. The zero-order valence-electron chi connectivity index (χ0n) is 19.1. The van der Waals surface area contributed by atoms with Crippen molar-refractivity contribution in [1.29, 1.82) is 0 Å². The molecule has 1 saturated heterocycles. The molecule has 0 saturated carbocycles. The van der Waals surface area contributed by atoms with E-state index in [-0.39, 0.29) is 29.2 Å². The van der Waals surface area contributed by atoms with Crippen LogP contribution >= 0.6 is 0 Å². The first-order valence-electron chi connectivity index (χ1n) is 10.9. The minimum absolute atomic E-state index is 0.00688. The number of anilines is 1. The third-order valence-electron chi connectivity index (χ3n) is 6.28. The molecular weight excluding hydrogens is 372 g/mol. The van der Waals surface area contributed by atoms with Crippen LogP contribution in [0.3, 0.4) is 0 Å². The van der Waals surface area contributed by atoms with Crippen LogP contribution < -0.4 is 5.32 Å². The Morgan fingerprint density at radius 1 is 1.03 bits per heavy atom. The molecule has 30 heavy (non-hydrogen) atoms. The summed E-state index contributed by atoms with van der Waals surface area (Å²) in [6.45, 7) is 13.1. The van der Waals surface area contributed by atoms with Crippen LogP contribution in [-0.4, -0.2) is 29.3 Å². The van der Waals surface area contributed by atoms with Gasteiger partial charge in [-0.25, -0.2) is 0 Å². The van der Waals surface area contributed by atoms with Gasteiger partial charge in [0.05, 0.1) is 5.92 Å². The predicted molar refractivity (Wildman–Crippen MR) is 123 cm³/mol. The summed E-state index contributed by atoms with van der Waals surface area (Å²) in [6, 6.07) is 13.8. The normalized spacial score (nSPS) is 19.5. The maximum Gasteiger partial charge on any atom is 0.254 e. The topological polar surface area (TPSA) is 49.4 Å².